The highest BCUT2D eigenvalue weighted by atomic mass is 32.2. The fraction of sp³-hybridized carbons (Fsp3) is 0.600. The number of benzene rings is 1. The predicted molar refractivity (Wildman–Crippen MR) is 83.6 cm³/mol. The largest absolute Gasteiger partial charge is 0.399 e. The van der Waals surface area contributed by atoms with Gasteiger partial charge in [-0.2, -0.15) is 0 Å². The zero-order chi connectivity index (χ0) is 15.2. The van der Waals surface area contributed by atoms with E-state index in [4.69, 9.17) is 5.73 Å². The maximum atomic E-state index is 12.8. The number of anilines is 1. The van der Waals surface area contributed by atoms with Crippen LogP contribution in [0.5, 0.6) is 0 Å². The summed E-state index contributed by atoms with van der Waals surface area (Å²) in [4.78, 5) is 2.78. The van der Waals surface area contributed by atoms with Gasteiger partial charge in [0.05, 0.1) is 4.90 Å². The lowest BCUT2D eigenvalue weighted by Gasteiger charge is -2.22. The Morgan fingerprint density at radius 2 is 1.86 bits per heavy atom. The minimum atomic E-state index is -3.49. The van der Waals surface area contributed by atoms with Crippen LogP contribution < -0.4 is 10.5 Å². The molecule has 0 spiro atoms. The molecule has 2 saturated heterocycles. The van der Waals surface area contributed by atoms with E-state index in [0.29, 0.717) is 27.8 Å². The number of nitrogens with zero attached hydrogens (tertiary/aromatic N) is 1. The highest BCUT2D eigenvalue weighted by Crippen LogP contribution is 2.30. The van der Waals surface area contributed by atoms with Crippen LogP contribution in [0.2, 0.25) is 0 Å². The van der Waals surface area contributed by atoms with Gasteiger partial charge in [0.15, 0.2) is 0 Å². The summed E-state index contributed by atoms with van der Waals surface area (Å²) in [5, 5.41) is 0. The number of nitrogen functional groups attached to an aromatic ring is 1. The van der Waals surface area contributed by atoms with Gasteiger partial charge in [-0.15, -0.1) is 0 Å². The lowest BCUT2D eigenvalue weighted by molar-refractivity contribution is 0.309. The summed E-state index contributed by atoms with van der Waals surface area (Å²) >= 11 is 0. The smallest absolute Gasteiger partial charge is 0.241 e. The number of nitrogens with one attached hydrogen (secondary N) is 1. The second-order valence-corrected chi connectivity index (χ2v) is 7.90. The third-order valence-electron chi connectivity index (χ3n) is 4.66. The quantitative estimate of drug-likeness (QED) is 0.828. The SMILES string of the molecule is Cc1cc(N)cc(C)c1S(=O)(=O)NC1CCN2CCCC12. The van der Waals surface area contributed by atoms with Crippen molar-refractivity contribution < 1.29 is 8.42 Å². The maximum Gasteiger partial charge on any atom is 0.241 e. The van der Waals surface area contributed by atoms with Gasteiger partial charge in [0.1, 0.15) is 0 Å². The molecular weight excluding hydrogens is 286 g/mol. The first-order chi connectivity index (χ1) is 9.88. The molecule has 3 rings (SSSR count). The Morgan fingerprint density at radius 3 is 2.52 bits per heavy atom. The molecule has 0 aromatic heterocycles. The lowest BCUT2D eigenvalue weighted by atomic mass is 10.1. The van der Waals surface area contributed by atoms with Gasteiger partial charge in [-0.1, -0.05) is 0 Å². The molecule has 3 N–H and O–H groups in total. The van der Waals surface area contributed by atoms with Gasteiger partial charge < -0.3 is 5.73 Å². The zero-order valence-corrected chi connectivity index (χ0v) is 13.4. The van der Waals surface area contributed by atoms with Crippen molar-refractivity contribution in [1.82, 2.24) is 9.62 Å². The molecule has 5 nitrogen and oxygen atoms in total. The highest BCUT2D eigenvalue weighted by Gasteiger charge is 2.39. The second-order valence-electron chi connectivity index (χ2n) is 6.25. The molecule has 1 aromatic rings. The van der Waals surface area contributed by atoms with E-state index in [0.717, 1.165) is 25.9 Å². The Bertz CT molecular complexity index is 634. The third-order valence-corrected chi connectivity index (χ3v) is 6.46. The molecule has 0 aliphatic carbocycles. The predicted octanol–water partition coefficient (Wildman–Crippen LogP) is 1.40. The van der Waals surface area contributed by atoms with Crippen LogP contribution in [0, 0.1) is 13.8 Å². The summed E-state index contributed by atoms with van der Waals surface area (Å²) in [5.74, 6) is 0. The van der Waals surface area contributed by atoms with Crippen LogP contribution in [-0.4, -0.2) is 38.5 Å². The van der Waals surface area contributed by atoms with Crippen LogP contribution in [0.3, 0.4) is 0 Å². The molecule has 2 aliphatic rings. The Labute approximate surface area is 126 Å². The summed E-state index contributed by atoms with van der Waals surface area (Å²) in [6.07, 6.45) is 3.16. The second kappa shape index (κ2) is 5.26. The van der Waals surface area contributed by atoms with Crippen LogP contribution in [-0.2, 0) is 10.0 Å². The standard InChI is InChI=1S/C15H23N3O2S/c1-10-8-12(16)9-11(2)15(10)21(19,20)17-13-5-7-18-6-3-4-14(13)18/h8-9,13-14,17H,3-7,16H2,1-2H3. The number of hydrogen-bond acceptors (Lipinski definition) is 4. The van der Waals surface area contributed by atoms with Crippen LogP contribution >= 0.6 is 0 Å². The van der Waals surface area contributed by atoms with Crippen molar-refractivity contribution in [3.8, 4) is 0 Å². The van der Waals surface area contributed by atoms with Crippen LogP contribution in [0.4, 0.5) is 5.69 Å². The summed E-state index contributed by atoms with van der Waals surface area (Å²) in [6.45, 7) is 5.70. The molecule has 2 unspecified atom stereocenters. The Morgan fingerprint density at radius 1 is 1.19 bits per heavy atom. The van der Waals surface area contributed by atoms with Gasteiger partial charge in [0.25, 0.3) is 0 Å². The van der Waals surface area contributed by atoms with Gasteiger partial charge in [-0.3, -0.25) is 4.90 Å². The normalized spacial score (nSPS) is 26.2. The third kappa shape index (κ3) is 2.67. The Hall–Kier alpha value is -1.11. The molecule has 0 saturated carbocycles. The van der Waals surface area contributed by atoms with Crippen molar-refractivity contribution in [1.29, 1.82) is 0 Å². The summed E-state index contributed by atoms with van der Waals surface area (Å²) in [6, 6.07) is 3.85. The van der Waals surface area contributed by atoms with Crippen LogP contribution in [0.15, 0.2) is 17.0 Å². The number of fused-ring (bicyclic) bond motifs is 1. The van der Waals surface area contributed by atoms with Crippen molar-refractivity contribution in [2.75, 3.05) is 18.8 Å². The molecule has 116 valence electrons. The highest BCUT2D eigenvalue weighted by molar-refractivity contribution is 7.89. The summed E-state index contributed by atoms with van der Waals surface area (Å²) in [7, 11) is -3.49. The van der Waals surface area contributed by atoms with Crippen molar-refractivity contribution in [2.24, 2.45) is 0 Å². The van der Waals surface area contributed by atoms with E-state index < -0.39 is 10.0 Å². The van der Waals surface area contributed by atoms with Crippen molar-refractivity contribution in [3.05, 3.63) is 23.3 Å². The maximum absolute atomic E-state index is 12.8. The van der Waals surface area contributed by atoms with Crippen LogP contribution in [0.25, 0.3) is 0 Å². The molecule has 2 heterocycles. The number of rotatable bonds is 3. The minimum absolute atomic E-state index is 0.0360. The van der Waals surface area contributed by atoms with Gasteiger partial charge in [0, 0.05) is 24.3 Å². The van der Waals surface area contributed by atoms with E-state index in [1.807, 2.05) is 0 Å². The molecule has 6 heteroatoms. The molecule has 1 aromatic carbocycles. The van der Waals surface area contributed by atoms with E-state index >= 15 is 0 Å². The fourth-order valence-electron chi connectivity index (χ4n) is 3.89. The molecule has 0 bridgehead atoms. The number of sulfonamides is 1. The van der Waals surface area contributed by atoms with Gasteiger partial charge in [-0.25, -0.2) is 13.1 Å². The van der Waals surface area contributed by atoms with Gasteiger partial charge in [0.2, 0.25) is 10.0 Å². The average molecular weight is 309 g/mol. The summed E-state index contributed by atoms with van der Waals surface area (Å²) < 4.78 is 28.5. The molecule has 21 heavy (non-hydrogen) atoms. The zero-order valence-electron chi connectivity index (χ0n) is 12.6. The van der Waals surface area contributed by atoms with E-state index in [9.17, 15) is 8.42 Å². The number of nitrogens with two attached hydrogens (primary N) is 1. The van der Waals surface area contributed by atoms with E-state index in [-0.39, 0.29) is 6.04 Å². The topological polar surface area (TPSA) is 75.4 Å². The molecule has 2 aliphatic heterocycles. The molecule has 0 amide bonds. The molecule has 2 atom stereocenters. The van der Waals surface area contributed by atoms with Crippen molar-refractivity contribution in [2.45, 2.75) is 50.1 Å². The van der Waals surface area contributed by atoms with E-state index in [1.54, 1.807) is 26.0 Å². The van der Waals surface area contributed by atoms with Crippen molar-refractivity contribution >= 4 is 15.7 Å². The number of hydrogen-bond donors (Lipinski definition) is 2. The molecule has 0 radical (unpaired) electrons. The monoisotopic (exact) mass is 309 g/mol. The molecular formula is C15H23N3O2S. The number of aryl methyl sites for hydroxylation is 2. The fourth-order valence-corrected chi connectivity index (χ4v) is 5.64. The lowest BCUT2D eigenvalue weighted by Crippen LogP contribution is -2.42. The van der Waals surface area contributed by atoms with E-state index in [2.05, 4.69) is 9.62 Å². The van der Waals surface area contributed by atoms with Crippen LogP contribution in [0.1, 0.15) is 30.4 Å². The van der Waals surface area contributed by atoms with Crippen molar-refractivity contribution in [3.63, 3.8) is 0 Å². The minimum Gasteiger partial charge on any atom is -0.399 e. The Kier molecular flexibility index (Phi) is 3.71. The van der Waals surface area contributed by atoms with Gasteiger partial charge in [-0.05, 0) is 62.9 Å². The molecule has 2 fully saturated rings. The van der Waals surface area contributed by atoms with Gasteiger partial charge >= 0.3 is 0 Å². The first kappa shape index (κ1) is 14.8. The summed E-state index contributed by atoms with van der Waals surface area (Å²) in [5.41, 5.74) is 7.81. The Balaban J connectivity index is 1.88. The average Bonchev–Trinajstić information content (AvgIpc) is 2.92. The first-order valence-electron chi connectivity index (χ1n) is 7.51. The van der Waals surface area contributed by atoms with E-state index in [1.165, 1.54) is 6.42 Å². The first-order valence-corrected chi connectivity index (χ1v) is 9.00.